The Morgan fingerprint density at radius 3 is 2.39 bits per heavy atom. The smallest absolute Gasteiger partial charge is 0.330 e. The molecule has 2 aliphatic rings. The summed E-state index contributed by atoms with van der Waals surface area (Å²) in [5.74, 6) is 1.19. The summed E-state index contributed by atoms with van der Waals surface area (Å²) in [6.07, 6.45) is 3.47. The van der Waals surface area contributed by atoms with Crippen molar-refractivity contribution in [1.82, 2.24) is 19.4 Å². The topological polar surface area (TPSA) is 97.3 Å². The van der Waals surface area contributed by atoms with E-state index in [9.17, 15) is 14.4 Å². The summed E-state index contributed by atoms with van der Waals surface area (Å²) in [6.45, 7) is 9.60. The standard InChI is InChI=1S/C28H34N4O4/c1-16(2)15-32-25-23(26(33)30-28(32)35)21(14-22(29-25)19-8-9-19)27(34)31-12-10-20(11-13-31)36-24-17(3)6-5-7-18(24)4/h5-7,14,16,19-20H,8-13,15H2,1-4H3,(H,30,33,35). The van der Waals surface area contributed by atoms with Crippen LogP contribution >= 0.6 is 0 Å². The molecule has 8 heteroatoms. The molecule has 0 atom stereocenters. The molecule has 8 nitrogen and oxygen atoms in total. The number of fused-ring (bicyclic) bond motifs is 1. The minimum atomic E-state index is -0.554. The predicted octanol–water partition coefficient (Wildman–Crippen LogP) is 3.92. The molecule has 36 heavy (non-hydrogen) atoms. The molecule has 3 aromatic rings. The van der Waals surface area contributed by atoms with Gasteiger partial charge in [0.2, 0.25) is 0 Å². The third-order valence-electron chi connectivity index (χ3n) is 7.16. The Morgan fingerprint density at radius 1 is 1.11 bits per heavy atom. The van der Waals surface area contributed by atoms with E-state index in [0.717, 1.165) is 35.4 Å². The second-order valence-corrected chi connectivity index (χ2v) is 10.7. The summed E-state index contributed by atoms with van der Waals surface area (Å²) >= 11 is 0. The first-order valence-electron chi connectivity index (χ1n) is 12.9. The Bertz CT molecular complexity index is 1410. The SMILES string of the molecule is Cc1cccc(C)c1OC1CCN(C(=O)c2cc(C3CC3)nc3c2c(=O)[nH]c(=O)n3CC(C)C)CC1. The van der Waals surface area contributed by atoms with E-state index < -0.39 is 11.2 Å². The van der Waals surface area contributed by atoms with Crippen LogP contribution in [0.1, 0.15) is 72.6 Å². The molecule has 0 bridgehead atoms. The maximum Gasteiger partial charge on any atom is 0.330 e. The number of aromatic amines is 1. The highest BCUT2D eigenvalue weighted by molar-refractivity contribution is 6.05. The quantitative estimate of drug-likeness (QED) is 0.565. The van der Waals surface area contributed by atoms with Gasteiger partial charge in [-0.15, -0.1) is 0 Å². The van der Waals surface area contributed by atoms with Crippen LogP contribution in [0, 0.1) is 19.8 Å². The molecule has 1 aliphatic heterocycles. The van der Waals surface area contributed by atoms with Gasteiger partial charge in [0.05, 0.1) is 10.9 Å². The summed E-state index contributed by atoms with van der Waals surface area (Å²) in [5.41, 5.74) is 2.63. The molecule has 2 aromatic heterocycles. The van der Waals surface area contributed by atoms with Gasteiger partial charge in [-0.1, -0.05) is 32.0 Å². The van der Waals surface area contributed by atoms with Crippen LogP contribution in [0.5, 0.6) is 5.75 Å². The monoisotopic (exact) mass is 490 g/mol. The number of para-hydroxylation sites is 1. The van der Waals surface area contributed by atoms with Gasteiger partial charge in [-0.25, -0.2) is 9.78 Å². The number of nitrogens with one attached hydrogen (secondary N) is 1. The number of carbonyl (C=O) groups is 1. The molecular weight excluding hydrogens is 456 g/mol. The summed E-state index contributed by atoms with van der Waals surface area (Å²) in [4.78, 5) is 48.3. The first-order valence-corrected chi connectivity index (χ1v) is 12.9. The van der Waals surface area contributed by atoms with Gasteiger partial charge >= 0.3 is 5.69 Å². The third kappa shape index (κ3) is 4.68. The molecular formula is C28H34N4O4. The van der Waals surface area contributed by atoms with Crippen molar-refractivity contribution in [2.45, 2.75) is 71.9 Å². The number of H-pyrrole nitrogens is 1. The molecule has 5 rings (SSSR count). The van der Waals surface area contributed by atoms with E-state index >= 15 is 0 Å². The highest BCUT2D eigenvalue weighted by atomic mass is 16.5. The Hall–Kier alpha value is -3.42. The highest BCUT2D eigenvalue weighted by Gasteiger charge is 2.31. The predicted molar refractivity (Wildman–Crippen MR) is 139 cm³/mol. The Morgan fingerprint density at radius 2 is 1.78 bits per heavy atom. The van der Waals surface area contributed by atoms with Crippen LogP contribution < -0.4 is 16.0 Å². The number of benzene rings is 1. The fourth-order valence-electron chi connectivity index (χ4n) is 5.08. The molecule has 0 spiro atoms. The van der Waals surface area contributed by atoms with Crippen LogP contribution in [0.15, 0.2) is 33.9 Å². The van der Waals surface area contributed by atoms with Crippen molar-refractivity contribution < 1.29 is 9.53 Å². The Kier molecular flexibility index (Phi) is 6.45. The molecule has 1 aliphatic carbocycles. The van der Waals surface area contributed by atoms with E-state index in [1.54, 1.807) is 11.0 Å². The zero-order valence-corrected chi connectivity index (χ0v) is 21.5. The lowest BCUT2D eigenvalue weighted by Gasteiger charge is -2.33. The van der Waals surface area contributed by atoms with Crippen LogP contribution in [-0.2, 0) is 6.54 Å². The summed E-state index contributed by atoms with van der Waals surface area (Å²) < 4.78 is 7.83. The third-order valence-corrected chi connectivity index (χ3v) is 7.16. The number of aromatic nitrogens is 3. The molecule has 1 amide bonds. The van der Waals surface area contributed by atoms with E-state index in [-0.39, 0.29) is 29.2 Å². The van der Waals surface area contributed by atoms with E-state index in [0.29, 0.717) is 43.7 Å². The van der Waals surface area contributed by atoms with Crippen molar-refractivity contribution >= 4 is 16.9 Å². The van der Waals surface area contributed by atoms with E-state index in [4.69, 9.17) is 9.72 Å². The zero-order chi connectivity index (χ0) is 25.6. The average molecular weight is 491 g/mol. The van der Waals surface area contributed by atoms with E-state index in [1.807, 2.05) is 45.9 Å². The number of hydrogen-bond acceptors (Lipinski definition) is 5. The fraction of sp³-hybridized carbons (Fsp3) is 0.500. The van der Waals surface area contributed by atoms with E-state index in [1.165, 1.54) is 4.57 Å². The number of pyridine rings is 1. The molecule has 1 aromatic carbocycles. The molecule has 0 unspecified atom stereocenters. The van der Waals surface area contributed by atoms with Gasteiger partial charge in [0.15, 0.2) is 5.65 Å². The molecule has 1 N–H and O–H groups in total. The van der Waals surface area contributed by atoms with Gasteiger partial charge < -0.3 is 9.64 Å². The van der Waals surface area contributed by atoms with Crippen LogP contribution in [0.3, 0.4) is 0 Å². The molecule has 190 valence electrons. The summed E-state index contributed by atoms with van der Waals surface area (Å²) in [7, 11) is 0. The fourth-order valence-corrected chi connectivity index (χ4v) is 5.08. The lowest BCUT2D eigenvalue weighted by atomic mass is 10.0. The number of nitrogens with zero attached hydrogens (tertiary/aromatic N) is 3. The number of aryl methyl sites for hydroxylation is 2. The summed E-state index contributed by atoms with van der Waals surface area (Å²) in [5, 5.41) is 0.207. The molecule has 1 saturated carbocycles. The van der Waals surface area contributed by atoms with Crippen molar-refractivity contribution in [2.24, 2.45) is 5.92 Å². The van der Waals surface area contributed by atoms with Gasteiger partial charge in [0.25, 0.3) is 11.5 Å². The van der Waals surface area contributed by atoms with Gasteiger partial charge in [-0.3, -0.25) is 19.1 Å². The largest absolute Gasteiger partial charge is 0.490 e. The van der Waals surface area contributed by atoms with Crippen molar-refractivity contribution in [3.05, 3.63) is 67.5 Å². The van der Waals surface area contributed by atoms with Gasteiger partial charge in [-0.05, 0) is 49.8 Å². The number of amides is 1. The molecule has 1 saturated heterocycles. The number of rotatable bonds is 6. The van der Waals surface area contributed by atoms with Crippen LogP contribution in [0.2, 0.25) is 0 Å². The number of likely N-dealkylation sites (tertiary alicyclic amines) is 1. The number of hydrogen-bond donors (Lipinski definition) is 1. The number of piperidine rings is 1. The minimum Gasteiger partial charge on any atom is -0.490 e. The normalized spacial score (nSPS) is 16.6. The first kappa shape index (κ1) is 24.3. The van der Waals surface area contributed by atoms with Crippen LogP contribution in [0.25, 0.3) is 11.0 Å². The zero-order valence-electron chi connectivity index (χ0n) is 21.5. The highest BCUT2D eigenvalue weighted by Crippen LogP contribution is 2.40. The van der Waals surface area contributed by atoms with Crippen molar-refractivity contribution in [1.29, 1.82) is 0 Å². The maximum absolute atomic E-state index is 13.8. The van der Waals surface area contributed by atoms with Gasteiger partial charge in [0, 0.05) is 44.1 Å². The van der Waals surface area contributed by atoms with Crippen molar-refractivity contribution in [3.8, 4) is 5.75 Å². The van der Waals surface area contributed by atoms with Crippen molar-refractivity contribution in [3.63, 3.8) is 0 Å². The second-order valence-electron chi connectivity index (χ2n) is 10.7. The molecule has 0 radical (unpaired) electrons. The van der Waals surface area contributed by atoms with Gasteiger partial charge in [0.1, 0.15) is 11.9 Å². The number of ether oxygens (including phenoxy) is 1. The average Bonchev–Trinajstić information content (AvgIpc) is 3.69. The van der Waals surface area contributed by atoms with Crippen LogP contribution in [-0.4, -0.2) is 44.5 Å². The van der Waals surface area contributed by atoms with Crippen molar-refractivity contribution in [2.75, 3.05) is 13.1 Å². The Balaban J connectivity index is 1.45. The number of carbonyl (C=O) groups excluding carboxylic acids is 1. The minimum absolute atomic E-state index is 0.0321. The van der Waals surface area contributed by atoms with Gasteiger partial charge in [-0.2, -0.15) is 0 Å². The van der Waals surface area contributed by atoms with E-state index in [2.05, 4.69) is 4.98 Å². The molecule has 2 fully saturated rings. The lowest BCUT2D eigenvalue weighted by molar-refractivity contribution is 0.0594. The Labute approximate surface area is 210 Å². The van der Waals surface area contributed by atoms with Crippen LogP contribution in [0.4, 0.5) is 0 Å². The lowest BCUT2D eigenvalue weighted by Crippen LogP contribution is -2.42. The molecule has 3 heterocycles. The maximum atomic E-state index is 13.8. The summed E-state index contributed by atoms with van der Waals surface area (Å²) in [6, 6.07) is 7.89. The second kappa shape index (κ2) is 9.56. The first-order chi connectivity index (χ1) is 17.2.